The first-order chi connectivity index (χ1) is 7.30. The van der Waals surface area contributed by atoms with Crippen LogP contribution in [0.2, 0.25) is 0 Å². The van der Waals surface area contributed by atoms with Crippen LogP contribution in [0.1, 0.15) is 11.5 Å². The van der Waals surface area contributed by atoms with E-state index in [-0.39, 0.29) is 12.6 Å². The van der Waals surface area contributed by atoms with Crippen molar-refractivity contribution in [1.82, 2.24) is 5.32 Å². The van der Waals surface area contributed by atoms with E-state index >= 15 is 0 Å². The van der Waals surface area contributed by atoms with Gasteiger partial charge in [-0.25, -0.2) is 0 Å². The Labute approximate surface area is 88.3 Å². The predicted molar refractivity (Wildman–Crippen MR) is 53.0 cm³/mol. The molecule has 2 N–H and O–H groups in total. The van der Waals surface area contributed by atoms with Crippen molar-refractivity contribution < 1.29 is 14.3 Å². The zero-order valence-electron chi connectivity index (χ0n) is 8.56. The SMILES string of the molecule is COCC(CO)NCc1ccc(C#N)o1. The van der Waals surface area contributed by atoms with Crippen LogP contribution >= 0.6 is 0 Å². The Morgan fingerprint density at radius 3 is 3.00 bits per heavy atom. The van der Waals surface area contributed by atoms with E-state index in [9.17, 15) is 0 Å². The number of aliphatic hydroxyl groups excluding tert-OH is 1. The Morgan fingerprint density at radius 1 is 1.67 bits per heavy atom. The summed E-state index contributed by atoms with van der Waals surface area (Å²) < 4.78 is 10.1. The third kappa shape index (κ3) is 3.72. The summed E-state index contributed by atoms with van der Waals surface area (Å²) >= 11 is 0. The second-order valence-corrected chi connectivity index (χ2v) is 3.09. The van der Waals surface area contributed by atoms with E-state index < -0.39 is 0 Å². The van der Waals surface area contributed by atoms with E-state index in [2.05, 4.69) is 5.32 Å². The van der Waals surface area contributed by atoms with Crippen LogP contribution in [-0.2, 0) is 11.3 Å². The molecule has 0 spiro atoms. The second kappa shape index (κ2) is 6.19. The summed E-state index contributed by atoms with van der Waals surface area (Å²) in [7, 11) is 1.57. The highest BCUT2D eigenvalue weighted by molar-refractivity contribution is 5.18. The summed E-state index contributed by atoms with van der Waals surface area (Å²) in [5.74, 6) is 0.959. The van der Waals surface area contributed by atoms with Crippen molar-refractivity contribution in [3.8, 4) is 6.07 Å². The largest absolute Gasteiger partial charge is 0.449 e. The highest BCUT2D eigenvalue weighted by atomic mass is 16.5. The summed E-state index contributed by atoms with van der Waals surface area (Å²) in [6.07, 6.45) is 0. The molecular weight excluding hydrogens is 196 g/mol. The van der Waals surface area contributed by atoms with Crippen LogP contribution in [0.4, 0.5) is 0 Å². The first-order valence-corrected chi connectivity index (χ1v) is 4.62. The number of ether oxygens (including phenoxy) is 1. The van der Waals surface area contributed by atoms with Crippen LogP contribution < -0.4 is 5.32 Å². The summed E-state index contributed by atoms with van der Waals surface area (Å²) in [4.78, 5) is 0. The number of hydrogen-bond acceptors (Lipinski definition) is 5. The molecule has 1 rings (SSSR count). The highest BCUT2D eigenvalue weighted by Crippen LogP contribution is 2.06. The van der Waals surface area contributed by atoms with Gasteiger partial charge in [0.15, 0.2) is 0 Å². The van der Waals surface area contributed by atoms with Crippen molar-refractivity contribution in [2.45, 2.75) is 12.6 Å². The number of methoxy groups -OCH3 is 1. The van der Waals surface area contributed by atoms with Crippen LogP contribution in [0.3, 0.4) is 0 Å². The van der Waals surface area contributed by atoms with Gasteiger partial charge in [-0.2, -0.15) is 5.26 Å². The minimum Gasteiger partial charge on any atom is -0.449 e. The van der Waals surface area contributed by atoms with Gasteiger partial charge < -0.3 is 19.6 Å². The lowest BCUT2D eigenvalue weighted by molar-refractivity contribution is 0.127. The van der Waals surface area contributed by atoms with Crippen molar-refractivity contribution in [2.75, 3.05) is 20.3 Å². The minimum atomic E-state index is -0.120. The summed E-state index contributed by atoms with van der Waals surface area (Å²) in [5.41, 5.74) is 0. The predicted octanol–water partition coefficient (Wildman–Crippen LogP) is 0.248. The molecule has 1 atom stereocenters. The van der Waals surface area contributed by atoms with Gasteiger partial charge in [0.25, 0.3) is 0 Å². The summed E-state index contributed by atoms with van der Waals surface area (Å²) in [5, 5.41) is 20.5. The van der Waals surface area contributed by atoms with Crippen LogP contribution in [-0.4, -0.2) is 31.5 Å². The molecule has 0 amide bonds. The molecule has 1 unspecified atom stereocenters. The number of nitriles is 1. The van der Waals surface area contributed by atoms with E-state index in [1.165, 1.54) is 0 Å². The van der Waals surface area contributed by atoms with Gasteiger partial charge in [0.05, 0.1) is 25.8 Å². The Morgan fingerprint density at radius 2 is 2.47 bits per heavy atom. The fourth-order valence-electron chi connectivity index (χ4n) is 1.16. The van der Waals surface area contributed by atoms with Gasteiger partial charge in [-0.1, -0.05) is 0 Å². The third-order valence-corrected chi connectivity index (χ3v) is 1.93. The first kappa shape index (κ1) is 11.7. The number of aliphatic hydroxyl groups is 1. The molecule has 0 bridgehead atoms. The van der Waals surface area contributed by atoms with Crippen LogP contribution in [0.25, 0.3) is 0 Å². The molecule has 1 aromatic rings. The van der Waals surface area contributed by atoms with E-state index in [4.69, 9.17) is 19.5 Å². The highest BCUT2D eigenvalue weighted by Gasteiger charge is 2.07. The monoisotopic (exact) mass is 210 g/mol. The third-order valence-electron chi connectivity index (χ3n) is 1.93. The number of hydrogen-bond donors (Lipinski definition) is 2. The summed E-state index contributed by atoms with van der Waals surface area (Å²) in [6, 6.07) is 5.13. The molecule has 0 aliphatic rings. The van der Waals surface area contributed by atoms with E-state index in [0.29, 0.717) is 24.7 Å². The van der Waals surface area contributed by atoms with Gasteiger partial charge in [-0.15, -0.1) is 0 Å². The lowest BCUT2D eigenvalue weighted by Gasteiger charge is -2.13. The maximum absolute atomic E-state index is 8.96. The molecule has 0 saturated carbocycles. The normalized spacial score (nSPS) is 12.3. The molecule has 0 saturated heterocycles. The van der Waals surface area contributed by atoms with E-state index in [0.717, 1.165) is 0 Å². The zero-order valence-corrected chi connectivity index (χ0v) is 8.56. The Balaban J connectivity index is 2.38. The van der Waals surface area contributed by atoms with Crippen molar-refractivity contribution in [2.24, 2.45) is 0 Å². The zero-order chi connectivity index (χ0) is 11.1. The standard InChI is InChI=1S/C10H14N2O3/c1-14-7-8(6-13)12-5-10-3-2-9(4-11)15-10/h2-3,8,12-13H,5-7H2,1H3. The Kier molecular flexibility index (Phi) is 4.84. The van der Waals surface area contributed by atoms with E-state index in [1.54, 1.807) is 19.2 Å². The Hall–Kier alpha value is -1.35. The fraction of sp³-hybridized carbons (Fsp3) is 0.500. The quantitative estimate of drug-likeness (QED) is 0.703. The van der Waals surface area contributed by atoms with Crippen LogP contribution in [0, 0.1) is 11.3 Å². The maximum atomic E-state index is 8.96. The van der Waals surface area contributed by atoms with Gasteiger partial charge in [-0.3, -0.25) is 0 Å². The second-order valence-electron chi connectivity index (χ2n) is 3.09. The molecule has 0 aliphatic carbocycles. The van der Waals surface area contributed by atoms with Crippen molar-refractivity contribution in [3.05, 3.63) is 23.7 Å². The maximum Gasteiger partial charge on any atom is 0.203 e. The topological polar surface area (TPSA) is 78.4 Å². The van der Waals surface area contributed by atoms with Gasteiger partial charge >= 0.3 is 0 Å². The smallest absolute Gasteiger partial charge is 0.203 e. The van der Waals surface area contributed by atoms with Gasteiger partial charge in [0, 0.05) is 7.11 Å². The van der Waals surface area contributed by atoms with Gasteiger partial charge in [0.2, 0.25) is 5.76 Å². The molecule has 0 aromatic carbocycles. The molecule has 5 heteroatoms. The molecule has 0 radical (unpaired) electrons. The average Bonchev–Trinajstić information content (AvgIpc) is 2.72. The molecule has 15 heavy (non-hydrogen) atoms. The van der Waals surface area contributed by atoms with Crippen molar-refractivity contribution >= 4 is 0 Å². The summed E-state index contributed by atoms with van der Waals surface area (Å²) in [6.45, 7) is 0.901. The van der Waals surface area contributed by atoms with Crippen molar-refractivity contribution in [1.29, 1.82) is 5.26 Å². The molecule has 0 aliphatic heterocycles. The number of nitrogens with one attached hydrogen (secondary N) is 1. The molecular formula is C10H14N2O3. The number of furan rings is 1. The number of nitrogens with zero attached hydrogens (tertiary/aromatic N) is 1. The molecule has 1 heterocycles. The number of rotatable bonds is 6. The molecule has 1 aromatic heterocycles. The lowest BCUT2D eigenvalue weighted by atomic mass is 10.3. The minimum absolute atomic E-state index is 0.000342. The van der Waals surface area contributed by atoms with Crippen LogP contribution in [0.15, 0.2) is 16.5 Å². The molecule has 5 nitrogen and oxygen atoms in total. The fourth-order valence-corrected chi connectivity index (χ4v) is 1.16. The molecule has 0 fully saturated rings. The first-order valence-electron chi connectivity index (χ1n) is 4.62. The van der Waals surface area contributed by atoms with Crippen molar-refractivity contribution in [3.63, 3.8) is 0 Å². The Bertz CT molecular complexity index is 330. The molecule has 82 valence electrons. The van der Waals surface area contributed by atoms with Crippen LogP contribution in [0.5, 0.6) is 0 Å². The lowest BCUT2D eigenvalue weighted by Crippen LogP contribution is -2.35. The van der Waals surface area contributed by atoms with Gasteiger partial charge in [-0.05, 0) is 12.1 Å². The van der Waals surface area contributed by atoms with Gasteiger partial charge in [0.1, 0.15) is 11.8 Å². The average molecular weight is 210 g/mol. The van der Waals surface area contributed by atoms with E-state index in [1.807, 2.05) is 6.07 Å².